The predicted molar refractivity (Wildman–Crippen MR) is 69.5 cm³/mol. The topological polar surface area (TPSA) is 75.6 Å². The Hall–Kier alpha value is -1.11. The smallest absolute Gasteiger partial charge is 0.336 e. The van der Waals surface area contributed by atoms with Gasteiger partial charge in [0.15, 0.2) is 6.10 Å². The molecule has 5 nitrogen and oxygen atoms in total. The van der Waals surface area contributed by atoms with E-state index < -0.39 is 18.0 Å². The average Bonchev–Trinajstić information content (AvgIpc) is 2.37. The number of benzene rings is 1. The molecule has 1 aromatic carbocycles. The van der Waals surface area contributed by atoms with E-state index in [0.717, 1.165) is 7.11 Å². The van der Waals surface area contributed by atoms with Crippen LogP contribution in [0.3, 0.4) is 0 Å². The lowest BCUT2D eigenvalue weighted by Gasteiger charge is -2.10. The van der Waals surface area contributed by atoms with E-state index in [1.807, 2.05) is 0 Å². The molecule has 0 aliphatic rings. The van der Waals surface area contributed by atoms with Crippen molar-refractivity contribution in [3.05, 3.63) is 33.3 Å². The molecule has 1 atom stereocenters. The van der Waals surface area contributed by atoms with Crippen molar-refractivity contribution in [3.8, 4) is 0 Å². The molecule has 1 aromatic rings. The average molecular weight is 337 g/mol. The van der Waals surface area contributed by atoms with Crippen LogP contribution in [0.15, 0.2) is 22.7 Å². The third-order valence-electron chi connectivity index (χ3n) is 2.13. The summed E-state index contributed by atoms with van der Waals surface area (Å²) in [6.45, 7) is -0.242. The van der Waals surface area contributed by atoms with Gasteiger partial charge in [0.2, 0.25) is 0 Å². The number of aliphatic hydroxyl groups excluding tert-OH is 1. The number of halogens is 2. The lowest BCUT2D eigenvalue weighted by molar-refractivity contribution is -0.149. The van der Waals surface area contributed by atoms with E-state index in [1.54, 1.807) is 12.1 Å². The van der Waals surface area contributed by atoms with Crippen LogP contribution < -0.4 is 5.32 Å². The molecule has 18 heavy (non-hydrogen) atoms. The van der Waals surface area contributed by atoms with Gasteiger partial charge in [0.25, 0.3) is 5.91 Å². The van der Waals surface area contributed by atoms with Crippen LogP contribution in [0.1, 0.15) is 10.4 Å². The van der Waals surface area contributed by atoms with Gasteiger partial charge < -0.3 is 15.2 Å². The number of hydrogen-bond acceptors (Lipinski definition) is 4. The number of hydrogen-bond donors (Lipinski definition) is 2. The molecule has 0 radical (unpaired) electrons. The van der Waals surface area contributed by atoms with Crippen molar-refractivity contribution in [1.82, 2.24) is 5.32 Å². The molecule has 0 aliphatic carbocycles. The molecule has 0 aliphatic heterocycles. The van der Waals surface area contributed by atoms with Crippen LogP contribution in [-0.2, 0) is 9.53 Å². The molecule has 0 heterocycles. The van der Waals surface area contributed by atoms with Crippen molar-refractivity contribution in [2.45, 2.75) is 6.10 Å². The maximum atomic E-state index is 11.8. The number of carbonyl (C=O) groups excluding carboxylic acids is 2. The minimum Gasteiger partial charge on any atom is -0.467 e. The van der Waals surface area contributed by atoms with E-state index in [4.69, 9.17) is 11.6 Å². The summed E-state index contributed by atoms with van der Waals surface area (Å²) in [5.74, 6) is -1.29. The van der Waals surface area contributed by atoms with Crippen LogP contribution in [-0.4, -0.2) is 36.7 Å². The molecule has 1 unspecified atom stereocenters. The second-order valence-corrected chi connectivity index (χ2v) is 4.58. The van der Waals surface area contributed by atoms with Gasteiger partial charge in [0, 0.05) is 4.47 Å². The van der Waals surface area contributed by atoms with Crippen molar-refractivity contribution in [1.29, 1.82) is 0 Å². The summed E-state index contributed by atoms with van der Waals surface area (Å²) < 4.78 is 4.91. The van der Waals surface area contributed by atoms with Crippen LogP contribution in [0.4, 0.5) is 0 Å². The number of ether oxygens (including phenoxy) is 1. The zero-order valence-corrected chi connectivity index (χ0v) is 11.8. The van der Waals surface area contributed by atoms with E-state index in [0.29, 0.717) is 4.47 Å². The Kier molecular flexibility index (Phi) is 5.58. The summed E-state index contributed by atoms with van der Waals surface area (Å²) in [5, 5.41) is 12.0. The van der Waals surface area contributed by atoms with Gasteiger partial charge in [0.1, 0.15) is 0 Å². The zero-order chi connectivity index (χ0) is 13.7. The molecule has 0 spiro atoms. The van der Waals surface area contributed by atoms with E-state index in [-0.39, 0.29) is 17.1 Å². The van der Waals surface area contributed by atoms with E-state index in [1.165, 1.54) is 6.07 Å². The quantitative estimate of drug-likeness (QED) is 0.814. The molecule has 7 heteroatoms. The number of methoxy groups -OCH3 is 1. The Balaban J connectivity index is 2.66. The number of nitrogens with one attached hydrogen (secondary N) is 1. The molecule has 1 amide bonds. The van der Waals surface area contributed by atoms with Crippen molar-refractivity contribution in [2.75, 3.05) is 13.7 Å². The summed E-state index contributed by atoms with van der Waals surface area (Å²) >= 11 is 9.12. The summed E-state index contributed by atoms with van der Waals surface area (Å²) in [6, 6.07) is 4.89. The first-order valence-electron chi connectivity index (χ1n) is 4.95. The minimum atomic E-state index is -1.40. The highest BCUT2D eigenvalue weighted by molar-refractivity contribution is 9.10. The summed E-state index contributed by atoms with van der Waals surface area (Å²) in [7, 11) is 1.15. The van der Waals surface area contributed by atoms with Gasteiger partial charge in [-0.15, -0.1) is 0 Å². The highest BCUT2D eigenvalue weighted by Crippen LogP contribution is 2.25. The van der Waals surface area contributed by atoms with Gasteiger partial charge in [0.05, 0.1) is 24.2 Å². The second kappa shape index (κ2) is 6.72. The Bertz CT molecular complexity index is 466. The van der Waals surface area contributed by atoms with Crippen molar-refractivity contribution in [2.24, 2.45) is 0 Å². The molecule has 1 rings (SSSR count). The number of aliphatic hydroxyl groups is 1. The number of amides is 1. The largest absolute Gasteiger partial charge is 0.467 e. The molecule has 0 bridgehead atoms. The Labute approximate surface area is 117 Å². The normalized spacial score (nSPS) is 11.8. The fraction of sp³-hybridized carbons (Fsp3) is 0.273. The van der Waals surface area contributed by atoms with Crippen molar-refractivity contribution < 1.29 is 19.4 Å². The van der Waals surface area contributed by atoms with Crippen LogP contribution in [0.25, 0.3) is 0 Å². The van der Waals surface area contributed by atoms with Gasteiger partial charge in [-0.05, 0) is 28.1 Å². The van der Waals surface area contributed by atoms with Crippen LogP contribution in [0, 0.1) is 0 Å². The third kappa shape index (κ3) is 3.69. The Morgan fingerprint density at radius 2 is 2.22 bits per heavy atom. The molecule has 0 saturated carbocycles. The third-order valence-corrected chi connectivity index (χ3v) is 3.42. The molecule has 2 N–H and O–H groups in total. The fourth-order valence-corrected chi connectivity index (χ4v) is 1.76. The fourth-order valence-electron chi connectivity index (χ4n) is 1.18. The first kappa shape index (κ1) is 14.9. The predicted octanol–water partition coefficient (Wildman–Crippen LogP) is 1.37. The first-order chi connectivity index (χ1) is 8.47. The maximum absolute atomic E-state index is 11.8. The summed E-state index contributed by atoms with van der Waals surface area (Å²) in [4.78, 5) is 22.7. The molecule has 0 saturated heterocycles. The summed E-state index contributed by atoms with van der Waals surface area (Å²) in [6.07, 6.45) is -1.40. The molecule has 98 valence electrons. The van der Waals surface area contributed by atoms with E-state index >= 15 is 0 Å². The van der Waals surface area contributed by atoms with Gasteiger partial charge in [-0.3, -0.25) is 4.79 Å². The van der Waals surface area contributed by atoms with Gasteiger partial charge in [-0.2, -0.15) is 0 Å². The van der Waals surface area contributed by atoms with Crippen LogP contribution in [0.5, 0.6) is 0 Å². The van der Waals surface area contributed by atoms with Crippen molar-refractivity contribution >= 4 is 39.4 Å². The Morgan fingerprint density at radius 3 is 2.83 bits per heavy atom. The first-order valence-corrected chi connectivity index (χ1v) is 6.12. The zero-order valence-electron chi connectivity index (χ0n) is 9.44. The minimum absolute atomic E-state index is 0.242. The second-order valence-electron chi connectivity index (χ2n) is 3.35. The summed E-state index contributed by atoms with van der Waals surface area (Å²) in [5.41, 5.74) is 0.253. The number of esters is 1. The molecular formula is C11H11BrClNO4. The number of rotatable bonds is 4. The Morgan fingerprint density at radius 1 is 1.56 bits per heavy atom. The number of carbonyl (C=O) groups is 2. The van der Waals surface area contributed by atoms with E-state index in [2.05, 4.69) is 26.0 Å². The highest BCUT2D eigenvalue weighted by Gasteiger charge is 2.18. The van der Waals surface area contributed by atoms with Crippen molar-refractivity contribution in [3.63, 3.8) is 0 Å². The highest BCUT2D eigenvalue weighted by atomic mass is 79.9. The van der Waals surface area contributed by atoms with Gasteiger partial charge in [-0.25, -0.2) is 4.79 Å². The monoisotopic (exact) mass is 335 g/mol. The lowest BCUT2D eigenvalue weighted by Crippen LogP contribution is -2.37. The molecular weight excluding hydrogens is 325 g/mol. The maximum Gasteiger partial charge on any atom is 0.336 e. The van der Waals surface area contributed by atoms with Crippen LogP contribution in [0.2, 0.25) is 5.02 Å². The van der Waals surface area contributed by atoms with Crippen LogP contribution >= 0.6 is 27.5 Å². The SMILES string of the molecule is COC(=O)C(O)CNC(=O)c1cccc(Br)c1Cl. The molecule has 0 fully saturated rings. The lowest BCUT2D eigenvalue weighted by atomic mass is 10.2. The van der Waals surface area contributed by atoms with E-state index in [9.17, 15) is 14.7 Å². The van der Waals surface area contributed by atoms with Gasteiger partial charge >= 0.3 is 5.97 Å². The molecule has 0 aromatic heterocycles. The standard InChI is InChI=1S/C11H11BrClNO4/c1-18-11(17)8(15)5-14-10(16)6-3-2-4-7(12)9(6)13/h2-4,8,15H,5H2,1H3,(H,14,16). The van der Waals surface area contributed by atoms with Gasteiger partial charge in [-0.1, -0.05) is 17.7 Å².